The van der Waals surface area contributed by atoms with Crippen LogP contribution in [-0.4, -0.2) is 19.8 Å². The molecule has 6 heteroatoms. The van der Waals surface area contributed by atoms with Crippen LogP contribution >= 0.6 is 27.5 Å². The van der Waals surface area contributed by atoms with Crippen molar-refractivity contribution in [2.75, 3.05) is 0 Å². The van der Waals surface area contributed by atoms with Crippen LogP contribution in [0.3, 0.4) is 0 Å². The molecule has 2 unspecified atom stereocenters. The molecule has 1 aromatic carbocycles. The molecule has 1 aliphatic carbocycles. The number of benzene rings is 1. The minimum Gasteiger partial charge on any atom is -0.207 e. The summed E-state index contributed by atoms with van der Waals surface area (Å²) in [6, 6.07) is 6.51. The minimum atomic E-state index is -3.48. The van der Waals surface area contributed by atoms with E-state index in [4.69, 9.17) is 11.6 Å². The number of hydrogen-bond donors (Lipinski definition) is 1. The van der Waals surface area contributed by atoms with Gasteiger partial charge in [-0.05, 0) is 31.0 Å². The number of hydrogen-bond acceptors (Lipinski definition) is 2. The van der Waals surface area contributed by atoms with Crippen molar-refractivity contribution in [3.63, 3.8) is 0 Å². The molecule has 0 aromatic heterocycles. The zero-order valence-corrected chi connectivity index (χ0v) is 12.9. The topological polar surface area (TPSA) is 46.2 Å². The molecule has 0 aliphatic heterocycles. The summed E-state index contributed by atoms with van der Waals surface area (Å²) in [6.45, 7) is 0. The largest absolute Gasteiger partial charge is 0.240 e. The average molecular weight is 353 g/mol. The Morgan fingerprint density at radius 2 is 2.00 bits per heavy atom. The third kappa shape index (κ3) is 3.47. The van der Waals surface area contributed by atoms with Crippen LogP contribution in [0, 0.1) is 0 Å². The molecule has 1 fully saturated rings. The molecule has 0 radical (unpaired) electrons. The van der Waals surface area contributed by atoms with E-state index >= 15 is 0 Å². The maximum absolute atomic E-state index is 12.2. The fraction of sp³-hybridized carbons (Fsp3) is 0.500. The van der Waals surface area contributed by atoms with Gasteiger partial charge in [0.25, 0.3) is 0 Å². The van der Waals surface area contributed by atoms with Crippen LogP contribution < -0.4 is 4.72 Å². The third-order valence-corrected chi connectivity index (χ3v) is 5.60. The smallest absolute Gasteiger partial charge is 0.207 e. The summed E-state index contributed by atoms with van der Waals surface area (Å²) in [7, 11) is -3.48. The van der Waals surface area contributed by atoms with Crippen LogP contribution in [0.15, 0.2) is 33.6 Å². The van der Waals surface area contributed by atoms with Crippen LogP contribution in [0.25, 0.3) is 0 Å². The van der Waals surface area contributed by atoms with Gasteiger partial charge in [0.15, 0.2) is 0 Å². The van der Waals surface area contributed by atoms with E-state index in [1.54, 1.807) is 24.3 Å². The Labute approximate surface area is 121 Å². The Kier molecular flexibility index (Phi) is 4.69. The lowest BCUT2D eigenvalue weighted by atomic mass is 9.96. The van der Waals surface area contributed by atoms with E-state index in [1.165, 1.54) is 0 Å². The van der Waals surface area contributed by atoms with E-state index < -0.39 is 10.0 Å². The fourth-order valence-electron chi connectivity index (χ4n) is 2.12. The van der Waals surface area contributed by atoms with Crippen molar-refractivity contribution in [2.24, 2.45) is 0 Å². The molecule has 2 atom stereocenters. The quantitative estimate of drug-likeness (QED) is 0.849. The maximum atomic E-state index is 12.2. The lowest BCUT2D eigenvalue weighted by molar-refractivity contribution is 0.418. The second kappa shape index (κ2) is 5.90. The van der Waals surface area contributed by atoms with Crippen molar-refractivity contribution >= 4 is 37.6 Å². The molecule has 1 N–H and O–H groups in total. The first-order chi connectivity index (χ1) is 8.49. The van der Waals surface area contributed by atoms with Gasteiger partial charge < -0.3 is 0 Å². The Hall–Kier alpha value is -0.100. The molecular weight excluding hydrogens is 338 g/mol. The van der Waals surface area contributed by atoms with Crippen molar-refractivity contribution in [2.45, 2.75) is 42.0 Å². The number of halogens is 2. The summed E-state index contributed by atoms with van der Waals surface area (Å²) in [5.41, 5.74) is 0. The zero-order chi connectivity index (χ0) is 13.2. The van der Waals surface area contributed by atoms with Gasteiger partial charge >= 0.3 is 0 Å². The molecular formula is C12H15BrClNO2S. The molecule has 1 aromatic rings. The maximum Gasteiger partial charge on any atom is 0.240 e. The van der Waals surface area contributed by atoms with E-state index in [0.29, 0.717) is 0 Å². The first-order valence-electron chi connectivity index (χ1n) is 5.91. The molecule has 100 valence electrons. The molecule has 18 heavy (non-hydrogen) atoms. The van der Waals surface area contributed by atoms with E-state index in [0.717, 1.165) is 30.2 Å². The predicted octanol–water partition coefficient (Wildman–Crippen LogP) is 3.28. The monoisotopic (exact) mass is 351 g/mol. The summed E-state index contributed by atoms with van der Waals surface area (Å²) in [5.74, 6) is 0. The molecule has 0 bridgehead atoms. The Bertz CT molecular complexity index is 521. The lowest BCUT2D eigenvalue weighted by Gasteiger charge is -2.27. The van der Waals surface area contributed by atoms with Gasteiger partial charge in [0.1, 0.15) is 0 Å². The molecule has 0 spiro atoms. The summed E-state index contributed by atoms with van der Waals surface area (Å²) in [6.07, 6.45) is 3.77. The van der Waals surface area contributed by atoms with Gasteiger partial charge in [0.2, 0.25) is 10.0 Å². The Morgan fingerprint density at radius 3 is 2.67 bits per heavy atom. The number of rotatable bonds is 3. The number of nitrogens with one attached hydrogen (secondary N) is 1. The second-order valence-electron chi connectivity index (χ2n) is 4.49. The zero-order valence-electron chi connectivity index (χ0n) is 9.77. The summed E-state index contributed by atoms with van der Waals surface area (Å²) < 4.78 is 27.9. The van der Waals surface area contributed by atoms with E-state index in [9.17, 15) is 8.42 Å². The van der Waals surface area contributed by atoms with Crippen LogP contribution in [0.4, 0.5) is 0 Å². The second-order valence-corrected chi connectivity index (χ2v) is 7.68. The van der Waals surface area contributed by atoms with Gasteiger partial charge in [-0.1, -0.05) is 34.8 Å². The highest BCUT2D eigenvalue weighted by Crippen LogP contribution is 2.25. The fourth-order valence-corrected chi connectivity index (χ4v) is 4.45. The highest BCUT2D eigenvalue weighted by atomic mass is 79.9. The normalized spacial score (nSPS) is 25.0. The van der Waals surface area contributed by atoms with Crippen molar-refractivity contribution in [1.82, 2.24) is 4.72 Å². The SMILES string of the molecule is O=S(=O)(NC1CCCCC1Cl)c1cccc(Br)c1. The average Bonchev–Trinajstić information content (AvgIpc) is 2.32. The molecule has 1 saturated carbocycles. The third-order valence-electron chi connectivity index (χ3n) is 3.09. The minimum absolute atomic E-state index is 0.110. The highest BCUT2D eigenvalue weighted by Gasteiger charge is 2.28. The van der Waals surface area contributed by atoms with Gasteiger partial charge in [0, 0.05) is 15.9 Å². The molecule has 1 aliphatic rings. The van der Waals surface area contributed by atoms with Crippen molar-refractivity contribution in [3.05, 3.63) is 28.7 Å². The van der Waals surface area contributed by atoms with Gasteiger partial charge in [-0.15, -0.1) is 11.6 Å². The molecule has 3 nitrogen and oxygen atoms in total. The molecule has 0 heterocycles. The van der Waals surface area contributed by atoms with E-state index in [2.05, 4.69) is 20.7 Å². The molecule has 0 amide bonds. The first-order valence-corrected chi connectivity index (χ1v) is 8.62. The van der Waals surface area contributed by atoms with Crippen LogP contribution in [0.1, 0.15) is 25.7 Å². The van der Waals surface area contributed by atoms with Gasteiger partial charge in [0.05, 0.1) is 4.90 Å². The van der Waals surface area contributed by atoms with Gasteiger partial charge in [-0.3, -0.25) is 0 Å². The van der Waals surface area contributed by atoms with E-state index in [1.807, 2.05) is 0 Å². The van der Waals surface area contributed by atoms with Crippen molar-refractivity contribution < 1.29 is 8.42 Å². The van der Waals surface area contributed by atoms with Crippen LogP contribution in [0.2, 0.25) is 0 Å². The summed E-state index contributed by atoms with van der Waals surface area (Å²) >= 11 is 9.44. The van der Waals surface area contributed by atoms with Crippen molar-refractivity contribution in [1.29, 1.82) is 0 Å². The first kappa shape index (κ1) is 14.3. The van der Waals surface area contributed by atoms with Crippen molar-refractivity contribution in [3.8, 4) is 0 Å². The molecule has 0 saturated heterocycles. The number of sulfonamides is 1. The highest BCUT2D eigenvalue weighted by molar-refractivity contribution is 9.10. The Morgan fingerprint density at radius 1 is 1.28 bits per heavy atom. The van der Waals surface area contributed by atoms with Crippen LogP contribution in [-0.2, 0) is 10.0 Å². The lowest BCUT2D eigenvalue weighted by Crippen LogP contribution is -2.42. The summed E-state index contributed by atoms with van der Waals surface area (Å²) in [4.78, 5) is 0.270. The van der Waals surface area contributed by atoms with Crippen LogP contribution in [0.5, 0.6) is 0 Å². The molecule has 2 rings (SSSR count). The van der Waals surface area contributed by atoms with E-state index in [-0.39, 0.29) is 16.3 Å². The standard InChI is InChI=1S/C12H15BrClNO2S/c13-9-4-3-5-10(8-9)18(16,17)15-12-7-2-1-6-11(12)14/h3-5,8,11-12,15H,1-2,6-7H2. The summed E-state index contributed by atoms with van der Waals surface area (Å²) in [5, 5.41) is -0.110. The van der Waals surface area contributed by atoms with Gasteiger partial charge in [-0.2, -0.15) is 0 Å². The number of alkyl halides is 1. The predicted molar refractivity (Wildman–Crippen MR) is 76.4 cm³/mol. The van der Waals surface area contributed by atoms with Gasteiger partial charge in [-0.25, -0.2) is 13.1 Å². The Balaban J connectivity index is 2.16.